The highest BCUT2D eigenvalue weighted by molar-refractivity contribution is 6.40. The molecule has 1 aliphatic rings. The van der Waals surface area contributed by atoms with Crippen molar-refractivity contribution in [2.24, 2.45) is 0 Å². The maximum atomic E-state index is 8.56. The van der Waals surface area contributed by atoms with Gasteiger partial charge in [-0.25, -0.2) is 0 Å². The van der Waals surface area contributed by atoms with Gasteiger partial charge < -0.3 is 19.5 Å². The van der Waals surface area contributed by atoms with E-state index in [2.05, 4.69) is 0 Å². The van der Waals surface area contributed by atoms with Crippen LogP contribution in [0.4, 0.5) is 0 Å². The van der Waals surface area contributed by atoms with Crippen LogP contribution in [-0.2, 0) is 9.47 Å². The molecule has 76 valence electrons. The fourth-order valence-electron chi connectivity index (χ4n) is 1.32. The van der Waals surface area contributed by atoms with Crippen LogP contribution >= 0.6 is 0 Å². The van der Waals surface area contributed by atoms with Crippen molar-refractivity contribution >= 4 is 7.12 Å². The van der Waals surface area contributed by atoms with Gasteiger partial charge in [-0.05, 0) is 32.0 Å². The fourth-order valence-corrected chi connectivity index (χ4v) is 1.32. The number of hydrogen-bond acceptors (Lipinski definition) is 4. The van der Waals surface area contributed by atoms with Crippen molar-refractivity contribution in [2.75, 3.05) is 13.2 Å². The third-order valence-electron chi connectivity index (χ3n) is 2.05. The summed E-state index contributed by atoms with van der Waals surface area (Å²) in [6, 6.07) is 0. The quantitative estimate of drug-likeness (QED) is 0.484. The molecule has 1 fully saturated rings. The second-order valence-corrected chi connectivity index (χ2v) is 3.29. The number of ether oxygens (including phenoxy) is 2. The van der Waals surface area contributed by atoms with Crippen LogP contribution in [0.5, 0.6) is 0 Å². The Morgan fingerprint density at radius 1 is 1.38 bits per heavy atom. The SMILES string of the molecule is OB(O)CCCOC1CCCCO1. The molecule has 0 aromatic rings. The van der Waals surface area contributed by atoms with Gasteiger partial charge in [0.25, 0.3) is 0 Å². The molecule has 13 heavy (non-hydrogen) atoms. The monoisotopic (exact) mass is 188 g/mol. The van der Waals surface area contributed by atoms with Gasteiger partial charge >= 0.3 is 7.12 Å². The molecule has 5 heteroatoms. The number of rotatable bonds is 5. The van der Waals surface area contributed by atoms with E-state index in [1.807, 2.05) is 0 Å². The first-order valence-electron chi connectivity index (χ1n) is 4.88. The summed E-state index contributed by atoms with van der Waals surface area (Å²) in [5, 5.41) is 17.1. The molecule has 0 saturated carbocycles. The molecule has 0 aromatic carbocycles. The lowest BCUT2D eigenvalue weighted by Gasteiger charge is -2.22. The normalized spacial score (nSPS) is 23.1. The largest absolute Gasteiger partial charge is 0.451 e. The van der Waals surface area contributed by atoms with Crippen molar-refractivity contribution in [3.05, 3.63) is 0 Å². The average Bonchev–Trinajstić information content (AvgIpc) is 2.14. The van der Waals surface area contributed by atoms with Crippen LogP contribution in [0.1, 0.15) is 25.7 Å². The van der Waals surface area contributed by atoms with E-state index >= 15 is 0 Å². The van der Waals surface area contributed by atoms with E-state index < -0.39 is 7.12 Å². The van der Waals surface area contributed by atoms with E-state index in [1.165, 1.54) is 0 Å². The van der Waals surface area contributed by atoms with Crippen LogP contribution < -0.4 is 0 Å². The first-order chi connectivity index (χ1) is 6.29. The van der Waals surface area contributed by atoms with Gasteiger partial charge in [0.1, 0.15) is 0 Å². The van der Waals surface area contributed by atoms with Crippen LogP contribution in [-0.4, -0.2) is 36.7 Å². The van der Waals surface area contributed by atoms with Gasteiger partial charge in [-0.3, -0.25) is 0 Å². The van der Waals surface area contributed by atoms with Crippen molar-refractivity contribution in [1.29, 1.82) is 0 Å². The molecule has 0 spiro atoms. The topological polar surface area (TPSA) is 58.9 Å². The Kier molecular flexibility index (Phi) is 5.38. The molecule has 4 nitrogen and oxygen atoms in total. The van der Waals surface area contributed by atoms with Crippen molar-refractivity contribution in [1.82, 2.24) is 0 Å². The zero-order valence-corrected chi connectivity index (χ0v) is 7.82. The zero-order chi connectivity index (χ0) is 9.52. The molecule has 1 atom stereocenters. The Balaban J connectivity index is 1.92. The van der Waals surface area contributed by atoms with Gasteiger partial charge in [0, 0.05) is 13.2 Å². The van der Waals surface area contributed by atoms with Crippen LogP contribution in [0.3, 0.4) is 0 Å². The average molecular weight is 188 g/mol. The van der Waals surface area contributed by atoms with Gasteiger partial charge in [0.15, 0.2) is 6.29 Å². The fraction of sp³-hybridized carbons (Fsp3) is 1.00. The Morgan fingerprint density at radius 3 is 2.85 bits per heavy atom. The molecule has 1 unspecified atom stereocenters. The third-order valence-corrected chi connectivity index (χ3v) is 2.05. The van der Waals surface area contributed by atoms with Crippen LogP contribution in [0.15, 0.2) is 0 Å². The highest BCUT2D eigenvalue weighted by Crippen LogP contribution is 2.13. The van der Waals surface area contributed by atoms with Gasteiger partial charge in [-0.1, -0.05) is 0 Å². The van der Waals surface area contributed by atoms with E-state index in [1.54, 1.807) is 0 Å². The predicted molar refractivity (Wildman–Crippen MR) is 49.2 cm³/mol. The summed E-state index contributed by atoms with van der Waals surface area (Å²) in [4.78, 5) is 0. The molecule has 1 aliphatic heterocycles. The Morgan fingerprint density at radius 2 is 2.23 bits per heavy atom. The minimum atomic E-state index is -1.21. The van der Waals surface area contributed by atoms with Crippen molar-refractivity contribution < 1.29 is 19.5 Å². The van der Waals surface area contributed by atoms with Crippen molar-refractivity contribution in [2.45, 2.75) is 38.3 Å². The highest BCUT2D eigenvalue weighted by Gasteiger charge is 2.14. The van der Waals surface area contributed by atoms with E-state index in [0.29, 0.717) is 19.3 Å². The molecular weight excluding hydrogens is 171 g/mol. The molecule has 0 bridgehead atoms. The van der Waals surface area contributed by atoms with E-state index in [9.17, 15) is 0 Å². The predicted octanol–water partition coefficient (Wildman–Crippen LogP) is 0.392. The van der Waals surface area contributed by atoms with E-state index in [-0.39, 0.29) is 6.29 Å². The molecule has 0 aliphatic carbocycles. The zero-order valence-electron chi connectivity index (χ0n) is 7.82. The summed E-state index contributed by atoms with van der Waals surface area (Å²) in [6.07, 6.45) is 4.21. The Hall–Kier alpha value is -0.0951. The molecule has 2 N–H and O–H groups in total. The summed E-state index contributed by atoms with van der Waals surface area (Å²) >= 11 is 0. The maximum absolute atomic E-state index is 8.56. The molecular formula is C8H17BO4. The summed E-state index contributed by atoms with van der Waals surface area (Å²) in [7, 11) is -1.21. The highest BCUT2D eigenvalue weighted by atomic mass is 16.7. The molecule has 1 rings (SSSR count). The lowest BCUT2D eigenvalue weighted by Crippen LogP contribution is -2.23. The van der Waals surface area contributed by atoms with Gasteiger partial charge in [0.2, 0.25) is 0 Å². The summed E-state index contributed by atoms with van der Waals surface area (Å²) in [5.74, 6) is 0. The number of hydrogen-bond donors (Lipinski definition) is 2. The van der Waals surface area contributed by atoms with Crippen LogP contribution in [0.2, 0.25) is 6.32 Å². The van der Waals surface area contributed by atoms with Gasteiger partial charge in [-0.15, -0.1) is 0 Å². The maximum Gasteiger partial charge on any atom is 0.451 e. The molecule has 1 heterocycles. The van der Waals surface area contributed by atoms with Crippen LogP contribution in [0, 0.1) is 0 Å². The molecule has 0 radical (unpaired) electrons. The van der Waals surface area contributed by atoms with Gasteiger partial charge in [-0.2, -0.15) is 0 Å². The van der Waals surface area contributed by atoms with Crippen molar-refractivity contribution in [3.63, 3.8) is 0 Å². The molecule has 0 amide bonds. The first-order valence-corrected chi connectivity index (χ1v) is 4.88. The third kappa shape index (κ3) is 5.26. The lowest BCUT2D eigenvalue weighted by molar-refractivity contribution is -0.162. The second-order valence-electron chi connectivity index (χ2n) is 3.29. The lowest BCUT2D eigenvalue weighted by atomic mass is 9.85. The van der Waals surface area contributed by atoms with E-state index in [0.717, 1.165) is 25.9 Å². The molecule has 1 saturated heterocycles. The van der Waals surface area contributed by atoms with Crippen molar-refractivity contribution in [3.8, 4) is 0 Å². The minimum Gasteiger partial charge on any atom is -0.427 e. The first kappa shape index (κ1) is 11.0. The van der Waals surface area contributed by atoms with E-state index in [4.69, 9.17) is 19.5 Å². The summed E-state index contributed by atoms with van der Waals surface area (Å²) < 4.78 is 10.7. The van der Waals surface area contributed by atoms with Gasteiger partial charge in [0.05, 0.1) is 0 Å². The Bertz CT molecular complexity index is 125. The standard InChI is InChI=1S/C8H17BO4/c10-9(11)5-3-7-13-8-4-1-2-6-12-8/h8,10-11H,1-7H2. The summed E-state index contributed by atoms with van der Waals surface area (Å²) in [5.41, 5.74) is 0. The minimum absolute atomic E-state index is 0.0652. The molecule has 0 aromatic heterocycles. The smallest absolute Gasteiger partial charge is 0.427 e. The summed E-state index contributed by atoms with van der Waals surface area (Å²) in [6.45, 7) is 1.33. The van der Waals surface area contributed by atoms with Crippen LogP contribution in [0.25, 0.3) is 0 Å². The second kappa shape index (κ2) is 6.37. The Labute approximate surface area is 79.0 Å².